The first kappa shape index (κ1) is 52.2. The Morgan fingerprint density at radius 3 is 1.93 bits per heavy atom. The summed E-state index contributed by atoms with van der Waals surface area (Å²) in [4.78, 5) is 25.3. The normalized spacial score (nSPS) is 15.6. The Labute approximate surface area is 331 Å². The first-order valence-corrected chi connectivity index (χ1v) is 22.7. The number of phosphoric acid groups is 1. The summed E-state index contributed by atoms with van der Waals surface area (Å²) in [6.45, 7) is 4.46. The molecule has 9 nitrogen and oxygen atoms in total. The number of allylic oxidation sites excluding steroid dienone is 8. The van der Waals surface area contributed by atoms with Crippen LogP contribution in [0, 0.1) is 0 Å². The van der Waals surface area contributed by atoms with Gasteiger partial charge in [0.15, 0.2) is 0 Å². The van der Waals surface area contributed by atoms with Crippen LogP contribution in [0.4, 0.5) is 0 Å². The summed E-state index contributed by atoms with van der Waals surface area (Å²) < 4.78 is 23.2. The van der Waals surface area contributed by atoms with Gasteiger partial charge in [0.05, 0.1) is 46.0 Å². The Hall–Kier alpha value is -1.84. The van der Waals surface area contributed by atoms with Crippen molar-refractivity contribution < 1.29 is 38.0 Å². The molecule has 314 valence electrons. The number of likely N-dealkylation sites (N-methyl/N-ethyl adjacent to an activating group) is 1. The summed E-state index contributed by atoms with van der Waals surface area (Å²) in [5.41, 5.74) is 0. The van der Waals surface area contributed by atoms with Gasteiger partial charge in [0, 0.05) is 6.42 Å². The molecule has 0 spiro atoms. The van der Waals surface area contributed by atoms with Crippen LogP contribution in [0.3, 0.4) is 0 Å². The zero-order chi connectivity index (χ0) is 40.2. The molecule has 0 heterocycles. The van der Waals surface area contributed by atoms with Gasteiger partial charge >= 0.3 is 0 Å². The van der Waals surface area contributed by atoms with E-state index in [0.717, 1.165) is 38.5 Å². The van der Waals surface area contributed by atoms with Crippen LogP contribution in [0.25, 0.3) is 0 Å². The molecule has 0 rings (SSSR count). The van der Waals surface area contributed by atoms with Gasteiger partial charge in [-0.3, -0.25) is 9.36 Å². The van der Waals surface area contributed by atoms with Crippen molar-refractivity contribution in [1.29, 1.82) is 0 Å². The lowest BCUT2D eigenvalue weighted by Crippen LogP contribution is -2.46. The SMILES string of the molecule is CC/C=C\C/C=C\CC(O)/C=C/C=C\C/C=C\CCCC(=O)N[C@@H](COP(=O)([O-])OCC[N+](C)(C)C)[C@H](O)CCCCCCCCCCCCCCCC. The molecule has 0 aliphatic heterocycles. The minimum absolute atomic E-state index is 0.0124. The second-order valence-electron chi connectivity index (χ2n) is 15.5. The van der Waals surface area contributed by atoms with E-state index in [0.29, 0.717) is 36.7 Å². The smallest absolute Gasteiger partial charge is 0.268 e. The van der Waals surface area contributed by atoms with Crippen LogP contribution in [0.5, 0.6) is 0 Å². The highest BCUT2D eigenvalue weighted by Crippen LogP contribution is 2.38. The van der Waals surface area contributed by atoms with Gasteiger partial charge < -0.3 is 34.0 Å². The Morgan fingerprint density at radius 2 is 1.31 bits per heavy atom. The second kappa shape index (κ2) is 35.6. The lowest BCUT2D eigenvalue weighted by Gasteiger charge is -2.30. The number of hydrogen-bond acceptors (Lipinski definition) is 7. The summed E-state index contributed by atoms with van der Waals surface area (Å²) in [7, 11) is 1.22. The Kier molecular flexibility index (Phi) is 34.4. The van der Waals surface area contributed by atoms with Crippen molar-refractivity contribution in [2.24, 2.45) is 0 Å². The monoisotopic (exact) mass is 781 g/mol. The molecular formula is C44H81N2O7P. The summed E-state index contributed by atoms with van der Waals surface area (Å²) in [5, 5.41) is 23.8. The molecule has 0 aromatic rings. The van der Waals surface area contributed by atoms with Crippen LogP contribution in [-0.2, 0) is 18.4 Å². The summed E-state index contributed by atoms with van der Waals surface area (Å²) in [5.74, 6) is -0.250. The summed E-state index contributed by atoms with van der Waals surface area (Å²) in [6, 6.07) is -0.852. The molecule has 0 saturated carbocycles. The van der Waals surface area contributed by atoms with Crippen LogP contribution in [-0.4, -0.2) is 79.8 Å². The van der Waals surface area contributed by atoms with E-state index in [1.165, 1.54) is 70.6 Å². The maximum absolute atomic E-state index is 12.8. The number of nitrogens with zero attached hydrogens (tertiary/aromatic N) is 1. The van der Waals surface area contributed by atoms with E-state index in [1.54, 1.807) is 6.08 Å². The van der Waals surface area contributed by atoms with Crippen molar-refractivity contribution in [3.05, 3.63) is 60.8 Å². The number of unbranched alkanes of at least 4 members (excludes halogenated alkanes) is 14. The average molecular weight is 781 g/mol. The highest BCUT2D eigenvalue weighted by Gasteiger charge is 2.24. The van der Waals surface area contributed by atoms with Crippen molar-refractivity contribution in [3.8, 4) is 0 Å². The minimum Gasteiger partial charge on any atom is -0.756 e. The number of nitrogens with one attached hydrogen (secondary N) is 1. The number of phosphoric ester groups is 1. The van der Waals surface area contributed by atoms with E-state index in [4.69, 9.17) is 9.05 Å². The summed E-state index contributed by atoms with van der Waals surface area (Å²) in [6.07, 6.45) is 41.1. The maximum Gasteiger partial charge on any atom is 0.268 e. The van der Waals surface area contributed by atoms with Crippen molar-refractivity contribution >= 4 is 13.7 Å². The molecule has 4 atom stereocenters. The number of rotatable bonds is 37. The Balaban J connectivity index is 4.59. The van der Waals surface area contributed by atoms with Crippen LogP contribution < -0.4 is 10.2 Å². The topological polar surface area (TPSA) is 128 Å². The van der Waals surface area contributed by atoms with Gasteiger partial charge in [0.2, 0.25) is 5.91 Å². The molecule has 0 aliphatic rings. The lowest BCUT2D eigenvalue weighted by atomic mass is 10.0. The van der Waals surface area contributed by atoms with Gasteiger partial charge in [-0.15, -0.1) is 0 Å². The number of carbonyl (C=O) groups is 1. The highest BCUT2D eigenvalue weighted by molar-refractivity contribution is 7.45. The van der Waals surface area contributed by atoms with Gasteiger partial charge in [-0.25, -0.2) is 0 Å². The molecule has 54 heavy (non-hydrogen) atoms. The minimum atomic E-state index is -4.59. The number of carbonyl (C=O) groups excluding carboxylic acids is 1. The third-order valence-electron chi connectivity index (χ3n) is 9.10. The standard InChI is InChI=1S/C44H81N2O7P/c1-6-8-10-12-14-15-16-17-18-19-20-24-28-32-36-43(48)42(40-53-54(50,51)52-39-38-46(3,4)5)45-44(49)37-33-29-25-22-21-23-27-31-35-41(47)34-30-26-13-11-9-7-2/h9,11,22-23,25-27,30-31,35,41-43,47-48H,6-8,10,12-21,24,28-29,32-34,36-40H2,1-5H3,(H-,45,49,50,51)/b11-9-,25-22-,27-23-,30-26-,35-31+/t41?,42-,43+/m0/s1. The maximum atomic E-state index is 12.8. The number of aliphatic hydroxyl groups is 2. The van der Waals surface area contributed by atoms with Gasteiger partial charge in [-0.2, -0.15) is 0 Å². The zero-order valence-electron chi connectivity index (χ0n) is 35.0. The molecule has 0 saturated heterocycles. The fourth-order valence-electron chi connectivity index (χ4n) is 5.69. The van der Waals surface area contributed by atoms with Crippen molar-refractivity contribution in [2.75, 3.05) is 40.9 Å². The molecule has 0 bridgehead atoms. The fourth-order valence-corrected chi connectivity index (χ4v) is 6.41. The van der Waals surface area contributed by atoms with Crippen LogP contribution in [0.15, 0.2) is 60.8 Å². The zero-order valence-corrected chi connectivity index (χ0v) is 35.9. The van der Waals surface area contributed by atoms with Gasteiger partial charge in [-0.05, 0) is 44.9 Å². The van der Waals surface area contributed by atoms with Gasteiger partial charge in [0.1, 0.15) is 13.2 Å². The van der Waals surface area contributed by atoms with E-state index >= 15 is 0 Å². The van der Waals surface area contributed by atoms with E-state index < -0.39 is 26.1 Å². The number of quaternary nitrogens is 1. The molecule has 3 N–H and O–H groups in total. The molecule has 1 amide bonds. The van der Waals surface area contributed by atoms with Crippen LogP contribution in [0.2, 0.25) is 0 Å². The lowest BCUT2D eigenvalue weighted by molar-refractivity contribution is -0.870. The second-order valence-corrected chi connectivity index (χ2v) is 16.9. The first-order chi connectivity index (χ1) is 25.9. The van der Waals surface area contributed by atoms with Crippen LogP contribution in [0.1, 0.15) is 155 Å². The van der Waals surface area contributed by atoms with E-state index in [1.807, 2.05) is 57.6 Å². The first-order valence-electron chi connectivity index (χ1n) is 21.2. The van der Waals surface area contributed by atoms with E-state index in [2.05, 4.69) is 37.4 Å². The quantitative estimate of drug-likeness (QED) is 0.0188. The number of aliphatic hydroxyl groups excluding tert-OH is 2. The molecule has 0 aliphatic carbocycles. The van der Waals surface area contributed by atoms with Crippen molar-refractivity contribution in [3.63, 3.8) is 0 Å². The molecule has 10 heteroatoms. The third kappa shape index (κ3) is 37.1. The average Bonchev–Trinajstić information content (AvgIpc) is 3.11. The van der Waals surface area contributed by atoms with E-state index in [9.17, 15) is 24.5 Å². The number of hydrogen-bond donors (Lipinski definition) is 3. The van der Waals surface area contributed by atoms with Crippen molar-refractivity contribution in [2.45, 2.75) is 173 Å². The van der Waals surface area contributed by atoms with Gasteiger partial charge in [0.25, 0.3) is 7.82 Å². The van der Waals surface area contributed by atoms with Gasteiger partial charge in [-0.1, -0.05) is 164 Å². The number of amides is 1. The fraction of sp³-hybridized carbons (Fsp3) is 0.750. The van der Waals surface area contributed by atoms with E-state index in [-0.39, 0.29) is 25.5 Å². The Morgan fingerprint density at radius 1 is 0.741 bits per heavy atom. The molecule has 0 aromatic carbocycles. The predicted molar refractivity (Wildman–Crippen MR) is 225 cm³/mol. The van der Waals surface area contributed by atoms with Crippen LogP contribution >= 0.6 is 7.82 Å². The molecule has 0 fully saturated rings. The highest BCUT2D eigenvalue weighted by atomic mass is 31.2. The molecule has 0 radical (unpaired) electrons. The van der Waals surface area contributed by atoms with Crippen molar-refractivity contribution in [1.82, 2.24) is 5.32 Å². The summed E-state index contributed by atoms with van der Waals surface area (Å²) >= 11 is 0. The largest absolute Gasteiger partial charge is 0.756 e. The molecule has 0 aromatic heterocycles. The predicted octanol–water partition coefficient (Wildman–Crippen LogP) is 9.80. The Bertz CT molecular complexity index is 1080. The molecule has 2 unspecified atom stereocenters. The molecular weight excluding hydrogens is 699 g/mol. The third-order valence-corrected chi connectivity index (χ3v) is 10.1.